The summed E-state index contributed by atoms with van der Waals surface area (Å²) in [7, 11) is 0. The van der Waals surface area contributed by atoms with Gasteiger partial charge in [0.25, 0.3) is 0 Å². The Morgan fingerprint density at radius 1 is 0.707 bits per heavy atom. The van der Waals surface area contributed by atoms with Crippen molar-refractivity contribution < 1.29 is 23.7 Å². The molecule has 6 heteroatoms. The lowest BCUT2D eigenvalue weighted by molar-refractivity contribution is -0.239. The standard InChI is InChI=1S/C35H37NO5/c1-34(2)40-31-30(39-33(32(31)41-34)37-23-25-15-7-3-8-16-25)29(36)24-38-35(26-17-9-4-10-18-26,27-19-11-5-12-20-27)28-21-13-6-14-22-28/h3-22,29-33H,23-24,36H2,1-2H3/t29?,30-,31?,32-,33+/m0/s1. The van der Waals surface area contributed by atoms with Gasteiger partial charge in [-0.3, -0.25) is 0 Å². The first-order chi connectivity index (χ1) is 20.0. The number of hydrogen-bond acceptors (Lipinski definition) is 6. The summed E-state index contributed by atoms with van der Waals surface area (Å²) in [6.45, 7) is 4.42. The molecule has 5 atom stereocenters. The van der Waals surface area contributed by atoms with E-state index in [0.29, 0.717) is 6.61 Å². The topological polar surface area (TPSA) is 72.2 Å². The molecule has 4 aromatic rings. The van der Waals surface area contributed by atoms with Crippen molar-refractivity contribution in [1.82, 2.24) is 0 Å². The van der Waals surface area contributed by atoms with Crippen molar-refractivity contribution in [2.75, 3.05) is 6.61 Å². The van der Waals surface area contributed by atoms with Gasteiger partial charge in [-0.05, 0) is 36.1 Å². The Labute approximate surface area is 242 Å². The highest BCUT2D eigenvalue weighted by atomic mass is 16.8. The van der Waals surface area contributed by atoms with Crippen LogP contribution in [-0.2, 0) is 35.9 Å². The smallest absolute Gasteiger partial charge is 0.187 e. The molecule has 6 rings (SSSR count). The molecule has 2 heterocycles. The molecule has 0 bridgehead atoms. The fourth-order valence-corrected chi connectivity index (χ4v) is 5.91. The van der Waals surface area contributed by atoms with Gasteiger partial charge < -0.3 is 29.4 Å². The van der Waals surface area contributed by atoms with Gasteiger partial charge in [0.15, 0.2) is 12.1 Å². The highest BCUT2D eigenvalue weighted by Gasteiger charge is 2.57. The molecule has 0 spiro atoms. The summed E-state index contributed by atoms with van der Waals surface area (Å²) >= 11 is 0. The van der Waals surface area contributed by atoms with E-state index in [9.17, 15) is 0 Å². The van der Waals surface area contributed by atoms with Crippen LogP contribution in [0, 0.1) is 0 Å². The van der Waals surface area contributed by atoms with Gasteiger partial charge in [0.1, 0.15) is 23.9 Å². The maximum atomic E-state index is 6.98. The summed E-state index contributed by atoms with van der Waals surface area (Å²) < 4.78 is 32.2. The van der Waals surface area contributed by atoms with Crippen LogP contribution in [0.15, 0.2) is 121 Å². The van der Waals surface area contributed by atoms with E-state index in [1.165, 1.54) is 0 Å². The van der Waals surface area contributed by atoms with E-state index >= 15 is 0 Å². The predicted molar refractivity (Wildman–Crippen MR) is 157 cm³/mol. The van der Waals surface area contributed by atoms with Gasteiger partial charge >= 0.3 is 0 Å². The Balaban J connectivity index is 1.28. The van der Waals surface area contributed by atoms with Crippen LogP contribution in [0.2, 0.25) is 0 Å². The van der Waals surface area contributed by atoms with E-state index in [2.05, 4.69) is 36.4 Å². The van der Waals surface area contributed by atoms with Gasteiger partial charge in [0.05, 0.1) is 19.3 Å². The van der Waals surface area contributed by atoms with Crippen molar-refractivity contribution in [3.05, 3.63) is 144 Å². The van der Waals surface area contributed by atoms with E-state index in [4.69, 9.17) is 29.4 Å². The monoisotopic (exact) mass is 551 g/mol. The first kappa shape index (κ1) is 27.8. The number of ether oxygens (including phenoxy) is 5. The molecule has 0 aromatic heterocycles. The van der Waals surface area contributed by atoms with Crippen LogP contribution >= 0.6 is 0 Å². The summed E-state index contributed by atoms with van der Waals surface area (Å²) in [6, 6.07) is 40.3. The first-order valence-electron chi connectivity index (χ1n) is 14.2. The van der Waals surface area contributed by atoms with Crippen LogP contribution in [0.25, 0.3) is 0 Å². The molecule has 2 N–H and O–H groups in total. The van der Waals surface area contributed by atoms with Crippen LogP contribution < -0.4 is 5.73 Å². The quantitative estimate of drug-likeness (QED) is 0.252. The molecule has 212 valence electrons. The van der Waals surface area contributed by atoms with Crippen molar-refractivity contribution in [1.29, 1.82) is 0 Å². The molecular weight excluding hydrogens is 514 g/mol. The minimum absolute atomic E-state index is 0.210. The van der Waals surface area contributed by atoms with Gasteiger partial charge in [-0.2, -0.15) is 0 Å². The van der Waals surface area contributed by atoms with Gasteiger partial charge in [-0.25, -0.2) is 0 Å². The highest BCUT2D eigenvalue weighted by Crippen LogP contribution is 2.43. The highest BCUT2D eigenvalue weighted by molar-refractivity contribution is 5.47. The Kier molecular flexibility index (Phi) is 8.04. The van der Waals surface area contributed by atoms with Crippen LogP contribution in [0.4, 0.5) is 0 Å². The zero-order chi connectivity index (χ0) is 28.3. The Morgan fingerprint density at radius 2 is 1.17 bits per heavy atom. The first-order valence-corrected chi connectivity index (χ1v) is 14.2. The maximum Gasteiger partial charge on any atom is 0.187 e. The van der Waals surface area contributed by atoms with E-state index in [1.807, 2.05) is 98.8 Å². The molecule has 2 saturated heterocycles. The fourth-order valence-electron chi connectivity index (χ4n) is 5.91. The molecule has 2 aliphatic heterocycles. The average Bonchev–Trinajstić information content (AvgIpc) is 3.51. The summed E-state index contributed by atoms with van der Waals surface area (Å²) in [5.41, 5.74) is 10.1. The average molecular weight is 552 g/mol. The lowest BCUT2D eigenvalue weighted by Gasteiger charge is -2.37. The van der Waals surface area contributed by atoms with Crippen LogP contribution in [0.1, 0.15) is 36.1 Å². The third kappa shape index (κ3) is 5.72. The number of nitrogens with two attached hydrogens (primary N) is 1. The Morgan fingerprint density at radius 3 is 1.68 bits per heavy atom. The van der Waals surface area contributed by atoms with Crippen LogP contribution in [0.3, 0.4) is 0 Å². The van der Waals surface area contributed by atoms with Crippen molar-refractivity contribution in [2.24, 2.45) is 5.73 Å². The number of rotatable bonds is 10. The molecule has 0 radical (unpaired) electrons. The summed E-state index contributed by atoms with van der Waals surface area (Å²) in [5.74, 6) is -0.770. The molecular formula is C35H37NO5. The molecule has 2 unspecified atom stereocenters. The second-order valence-corrected chi connectivity index (χ2v) is 11.1. The third-order valence-corrected chi connectivity index (χ3v) is 7.76. The zero-order valence-corrected chi connectivity index (χ0v) is 23.5. The van der Waals surface area contributed by atoms with Gasteiger partial charge in [0.2, 0.25) is 0 Å². The maximum absolute atomic E-state index is 6.98. The molecule has 0 saturated carbocycles. The minimum Gasteiger partial charge on any atom is -0.359 e. The third-order valence-electron chi connectivity index (χ3n) is 7.76. The van der Waals surface area contributed by atoms with Gasteiger partial charge in [0, 0.05) is 0 Å². The fraction of sp³-hybridized carbons (Fsp3) is 0.314. The van der Waals surface area contributed by atoms with Gasteiger partial charge in [-0.1, -0.05) is 121 Å². The predicted octanol–water partition coefficient (Wildman–Crippen LogP) is 5.78. The van der Waals surface area contributed by atoms with Crippen molar-refractivity contribution in [3.8, 4) is 0 Å². The summed E-state index contributed by atoms with van der Waals surface area (Å²) in [4.78, 5) is 0. The summed E-state index contributed by atoms with van der Waals surface area (Å²) in [5, 5.41) is 0. The van der Waals surface area contributed by atoms with E-state index in [0.717, 1.165) is 22.3 Å². The zero-order valence-electron chi connectivity index (χ0n) is 23.5. The Hall–Kier alpha value is -3.36. The lowest BCUT2D eigenvalue weighted by Crippen LogP contribution is -2.48. The molecule has 2 fully saturated rings. The van der Waals surface area contributed by atoms with E-state index < -0.39 is 35.9 Å². The van der Waals surface area contributed by atoms with Crippen LogP contribution in [-0.4, -0.2) is 43.0 Å². The molecule has 4 aromatic carbocycles. The second-order valence-electron chi connectivity index (χ2n) is 11.1. The van der Waals surface area contributed by atoms with Crippen LogP contribution in [0.5, 0.6) is 0 Å². The van der Waals surface area contributed by atoms with Gasteiger partial charge in [-0.15, -0.1) is 0 Å². The van der Waals surface area contributed by atoms with Crippen molar-refractivity contribution in [2.45, 2.75) is 62.5 Å². The minimum atomic E-state index is -0.880. The van der Waals surface area contributed by atoms with Crippen molar-refractivity contribution >= 4 is 0 Å². The Bertz CT molecular complexity index is 1290. The number of hydrogen-bond donors (Lipinski definition) is 1. The van der Waals surface area contributed by atoms with E-state index in [-0.39, 0.29) is 12.7 Å². The number of fused-ring (bicyclic) bond motifs is 1. The molecule has 41 heavy (non-hydrogen) atoms. The molecule has 0 amide bonds. The SMILES string of the molecule is CC1(C)OC2[C@H](C(N)COC(c3ccccc3)(c3ccccc3)c3ccccc3)O[C@@H](OCc3ccccc3)[C@H]2O1. The largest absolute Gasteiger partial charge is 0.359 e. The lowest BCUT2D eigenvalue weighted by atomic mass is 9.80. The molecule has 2 aliphatic rings. The van der Waals surface area contributed by atoms with Crippen molar-refractivity contribution in [3.63, 3.8) is 0 Å². The van der Waals surface area contributed by atoms with E-state index in [1.54, 1.807) is 0 Å². The second kappa shape index (κ2) is 11.9. The molecule has 6 nitrogen and oxygen atoms in total. The molecule has 0 aliphatic carbocycles. The summed E-state index contributed by atoms with van der Waals surface area (Å²) in [6.07, 6.45) is -1.88. The number of benzene rings is 4. The normalized spacial score (nSPS) is 24.2.